The fourth-order valence-corrected chi connectivity index (χ4v) is 3.09. The summed E-state index contributed by atoms with van der Waals surface area (Å²) in [5, 5.41) is 4.38. The highest BCUT2D eigenvalue weighted by molar-refractivity contribution is 7.71. The summed E-state index contributed by atoms with van der Waals surface area (Å²) in [4.78, 5) is 4.77. The number of methoxy groups -OCH3 is 1. The number of piperazine rings is 1. The van der Waals surface area contributed by atoms with E-state index in [0.717, 1.165) is 43.4 Å². The molecule has 3 rings (SSSR count). The lowest BCUT2D eigenvalue weighted by molar-refractivity contribution is 0.194. The number of anilines is 1. The maximum atomic E-state index is 5.45. The van der Waals surface area contributed by atoms with Crippen molar-refractivity contribution in [2.75, 3.05) is 38.2 Å². The van der Waals surface area contributed by atoms with Crippen molar-refractivity contribution < 1.29 is 4.74 Å². The van der Waals surface area contributed by atoms with Crippen molar-refractivity contribution in [2.24, 2.45) is 0 Å². The van der Waals surface area contributed by atoms with Gasteiger partial charge in [0.1, 0.15) is 12.1 Å². The fourth-order valence-electron chi connectivity index (χ4n) is 2.86. The van der Waals surface area contributed by atoms with Crippen molar-refractivity contribution in [3.63, 3.8) is 0 Å². The SMILES string of the molecule is C=CCn1cnn(CN2CCN(c3ccc(OC)cc3)CC2)c1=S. The van der Waals surface area contributed by atoms with Gasteiger partial charge in [0.2, 0.25) is 0 Å². The van der Waals surface area contributed by atoms with E-state index < -0.39 is 0 Å². The van der Waals surface area contributed by atoms with Gasteiger partial charge < -0.3 is 14.2 Å². The van der Waals surface area contributed by atoms with Crippen LogP contribution in [0, 0.1) is 4.77 Å². The predicted molar refractivity (Wildman–Crippen MR) is 98.0 cm³/mol. The zero-order valence-corrected chi connectivity index (χ0v) is 14.8. The van der Waals surface area contributed by atoms with Crippen molar-refractivity contribution in [1.82, 2.24) is 19.2 Å². The van der Waals surface area contributed by atoms with Gasteiger partial charge in [-0.15, -0.1) is 6.58 Å². The molecule has 6 nitrogen and oxygen atoms in total. The van der Waals surface area contributed by atoms with E-state index in [0.29, 0.717) is 6.54 Å². The summed E-state index contributed by atoms with van der Waals surface area (Å²) in [5.74, 6) is 0.891. The van der Waals surface area contributed by atoms with Crippen LogP contribution in [0.2, 0.25) is 0 Å². The van der Waals surface area contributed by atoms with Gasteiger partial charge in [-0.05, 0) is 36.5 Å². The Morgan fingerprint density at radius 3 is 2.54 bits per heavy atom. The molecule has 24 heavy (non-hydrogen) atoms. The number of aromatic nitrogens is 3. The Kier molecular flexibility index (Phi) is 5.32. The summed E-state index contributed by atoms with van der Waals surface area (Å²) in [5.41, 5.74) is 1.24. The van der Waals surface area contributed by atoms with Gasteiger partial charge in [0.15, 0.2) is 4.77 Å². The van der Waals surface area contributed by atoms with Gasteiger partial charge in [-0.3, -0.25) is 4.90 Å². The quantitative estimate of drug-likeness (QED) is 0.594. The number of benzene rings is 1. The topological polar surface area (TPSA) is 38.5 Å². The monoisotopic (exact) mass is 345 g/mol. The summed E-state index contributed by atoms with van der Waals surface area (Å²) in [7, 11) is 1.69. The van der Waals surface area contributed by atoms with E-state index in [9.17, 15) is 0 Å². The molecule has 0 atom stereocenters. The lowest BCUT2D eigenvalue weighted by Crippen LogP contribution is -2.47. The molecule has 1 aliphatic heterocycles. The average molecular weight is 345 g/mol. The molecule has 1 aliphatic rings. The minimum atomic E-state index is 0.698. The standard InChI is InChI=1S/C17H23N5OS/c1-3-8-21-13-18-22(17(21)24)14-19-9-11-20(12-10-19)15-4-6-16(23-2)7-5-15/h3-7,13H,1,8-12,14H2,2H3. The molecule has 0 spiro atoms. The summed E-state index contributed by atoms with van der Waals surface area (Å²) in [6, 6.07) is 8.24. The second-order valence-electron chi connectivity index (χ2n) is 5.80. The third-order valence-electron chi connectivity index (χ3n) is 4.27. The second kappa shape index (κ2) is 7.63. The van der Waals surface area contributed by atoms with Gasteiger partial charge in [-0.25, -0.2) is 4.68 Å². The first kappa shape index (κ1) is 16.7. The van der Waals surface area contributed by atoms with Crippen molar-refractivity contribution in [3.8, 4) is 5.75 Å². The highest BCUT2D eigenvalue weighted by Crippen LogP contribution is 2.20. The van der Waals surface area contributed by atoms with Crippen LogP contribution in [0.4, 0.5) is 5.69 Å². The molecule has 1 aromatic carbocycles. The molecular formula is C17H23N5OS. The molecule has 0 amide bonds. The van der Waals surface area contributed by atoms with Crippen LogP contribution in [0.15, 0.2) is 43.2 Å². The molecule has 2 heterocycles. The van der Waals surface area contributed by atoms with E-state index >= 15 is 0 Å². The Bertz CT molecular complexity index is 728. The van der Waals surface area contributed by atoms with Gasteiger partial charge in [-0.1, -0.05) is 6.08 Å². The molecule has 0 N–H and O–H groups in total. The largest absolute Gasteiger partial charge is 0.497 e. The average Bonchev–Trinajstić information content (AvgIpc) is 2.96. The zero-order chi connectivity index (χ0) is 16.9. The van der Waals surface area contributed by atoms with Crippen LogP contribution >= 0.6 is 12.2 Å². The number of allylic oxidation sites excluding steroid dienone is 1. The Balaban J connectivity index is 1.56. The molecule has 0 radical (unpaired) electrons. The number of nitrogens with zero attached hydrogens (tertiary/aromatic N) is 5. The molecule has 2 aromatic rings. The zero-order valence-electron chi connectivity index (χ0n) is 14.0. The summed E-state index contributed by atoms with van der Waals surface area (Å²) in [6.45, 7) is 9.14. The molecule has 0 bridgehead atoms. The Labute approximate surface area is 147 Å². The maximum Gasteiger partial charge on any atom is 0.199 e. The van der Waals surface area contributed by atoms with Gasteiger partial charge in [0, 0.05) is 38.4 Å². The van der Waals surface area contributed by atoms with Gasteiger partial charge >= 0.3 is 0 Å². The van der Waals surface area contributed by atoms with Crippen LogP contribution < -0.4 is 9.64 Å². The lowest BCUT2D eigenvalue weighted by Gasteiger charge is -2.35. The summed E-state index contributed by atoms with van der Waals surface area (Å²) in [6.07, 6.45) is 3.60. The van der Waals surface area contributed by atoms with Crippen molar-refractivity contribution in [1.29, 1.82) is 0 Å². The van der Waals surface area contributed by atoms with Gasteiger partial charge in [0.25, 0.3) is 0 Å². The minimum absolute atomic E-state index is 0.698. The molecule has 1 aromatic heterocycles. The molecule has 0 unspecified atom stereocenters. The van der Waals surface area contributed by atoms with Crippen LogP contribution in [0.25, 0.3) is 0 Å². The first-order valence-electron chi connectivity index (χ1n) is 8.06. The third-order valence-corrected chi connectivity index (χ3v) is 4.71. The number of hydrogen-bond donors (Lipinski definition) is 0. The first-order valence-corrected chi connectivity index (χ1v) is 8.46. The number of ether oxygens (including phenoxy) is 1. The minimum Gasteiger partial charge on any atom is -0.497 e. The lowest BCUT2D eigenvalue weighted by atomic mass is 10.2. The number of hydrogen-bond acceptors (Lipinski definition) is 5. The van der Waals surface area contributed by atoms with E-state index in [-0.39, 0.29) is 0 Å². The summed E-state index contributed by atoms with van der Waals surface area (Å²) >= 11 is 5.45. The molecule has 128 valence electrons. The molecular weight excluding hydrogens is 322 g/mol. The van der Waals surface area contributed by atoms with Crippen molar-refractivity contribution in [3.05, 3.63) is 48.0 Å². The van der Waals surface area contributed by atoms with Crippen LogP contribution in [0.5, 0.6) is 5.75 Å². The van der Waals surface area contributed by atoms with Crippen LogP contribution in [-0.2, 0) is 13.2 Å². The third kappa shape index (κ3) is 3.68. The molecule has 7 heteroatoms. The van der Waals surface area contributed by atoms with Crippen molar-refractivity contribution in [2.45, 2.75) is 13.2 Å². The predicted octanol–water partition coefficient (Wildman–Crippen LogP) is 2.39. The molecule has 0 saturated carbocycles. The van der Waals surface area contributed by atoms with E-state index in [4.69, 9.17) is 17.0 Å². The van der Waals surface area contributed by atoms with E-state index in [1.807, 2.05) is 27.5 Å². The van der Waals surface area contributed by atoms with Crippen LogP contribution in [0.1, 0.15) is 0 Å². The normalized spacial score (nSPS) is 15.5. The highest BCUT2D eigenvalue weighted by atomic mass is 32.1. The molecule has 1 saturated heterocycles. The van der Waals surface area contributed by atoms with Crippen LogP contribution in [0.3, 0.4) is 0 Å². The van der Waals surface area contributed by atoms with Crippen LogP contribution in [-0.4, -0.2) is 52.5 Å². The Hall–Kier alpha value is -2.12. The molecule has 1 fully saturated rings. The van der Waals surface area contributed by atoms with Crippen molar-refractivity contribution >= 4 is 17.9 Å². The second-order valence-corrected chi connectivity index (χ2v) is 6.16. The van der Waals surface area contributed by atoms with E-state index in [2.05, 4.69) is 33.6 Å². The smallest absolute Gasteiger partial charge is 0.199 e. The van der Waals surface area contributed by atoms with Gasteiger partial charge in [0.05, 0.1) is 13.8 Å². The summed E-state index contributed by atoms with van der Waals surface area (Å²) < 4.78 is 9.76. The Morgan fingerprint density at radius 2 is 1.92 bits per heavy atom. The van der Waals surface area contributed by atoms with Gasteiger partial charge in [-0.2, -0.15) is 5.10 Å². The maximum absolute atomic E-state index is 5.45. The fraction of sp³-hybridized carbons (Fsp3) is 0.412. The van der Waals surface area contributed by atoms with E-state index in [1.54, 1.807) is 13.4 Å². The number of rotatable bonds is 6. The highest BCUT2D eigenvalue weighted by Gasteiger charge is 2.18. The van der Waals surface area contributed by atoms with E-state index in [1.165, 1.54) is 5.69 Å². The first-order chi connectivity index (χ1) is 11.7. The molecule has 0 aliphatic carbocycles. The Morgan fingerprint density at radius 1 is 1.21 bits per heavy atom.